The van der Waals surface area contributed by atoms with Gasteiger partial charge in [0, 0.05) is 57.8 Å². The maximum absolute atomic E-state index is 13.0. The van der Waals surface area contributed by atoms with Gasteiger partial charge in [-0.1, -0.05) is 60.7 Å². The predicted octanol–water partition coefficient (Wildman–Crippen LogP) is 6.21. The molecule has 0 aliphatic carbocycles. The highest BCUT2D eigenvalue weighted by molar-refractivity contribution is 6.06. The summed E-state index contributed by atoms with van der Waals surface area (Å²) in [7, 11) is 0. The summed E-state index contributed by atoms with van der Waals surface area (Å²) >= 11 is 0. The molecule has 2 amide bonds. The van der Waals surface area contributed by atoms with E-state index in [0.717, 1.165) is 11.1 Å². The number of hydrogen-bond acceptors (Lipinski definition) is 6. The molecular formula is C36H30N4O4. The molecule has 0 heterocycles. The summed E-state index contributed by atoms with van der Waals surface area (Å²) in [6, 6.07) is 34.1. The van der Waals surface area contributed by atoms with Gasteiger partial charge < -0.3 is 22.1 Å². The van der Waals surface area contributed by atoms with Gasteiger partial charge >= 0.3 is 0 Å². The normalized spacial score (nSPS) is 10.5. The van der Waals surface area contributed by atoms with Gasteiger partial charge in [0.2, 0.25) is 0 Å². The van der Waals surface area contributed by atoms with Crippen LogP contribution in [0.15, 0.2) is 121 Å². The summed E-state index contributed by atoms with van der Waals surface area (Å²) in [4.78, 5) is 51.1. The first-order chi connectivity index (χ1) is 21.2. The van der Waals surface area contributed by atoms with E-state index >= 15 is 0 Å². The molecule has 0 atom stereocenters. The molecule has 0 saturated carbocycles. The van der Waals surface area contributed by atoms with Crippen molar-refractivity contribution >= 4 is 46.1 Å². The molecular weight excluding hydrogens is 552 g/mol. The van der Waals surface area contributed by atoms with Gasteiger partial charge in [0.05, 0.1) is 0 Å². The van der Waals surface area contributed by atoms with Gasteiger partial charge in [0.1, 0.15) is 0 Å². The van der Waals surface area contributed by atoms with Gasteiger partial charge in [-0.2, -0.15) is 0 Å². The monoisotopic (exact) mass is 582 g/mol. The third kappa shape index (κ3) is 7.63. The van der Waals surface area contributed by atoms with E-state index in [1.807, 2.05) is 24.3 Å². The molecule has 0 bridgehead atoms. The first kappa shape index (κ1) is 29.5. The number of nitrogen functional groups attached to an aromatic ring is 2. The SMILES string of the molecule is Nc1cccc(NC(=O)c2ccc(C(=O)Cc3cccc(CC(=O)c4ccc(C(=O)Nc5cccc(N)c5)cc4)c3)cc2)c1. The van der Waals surface area contributed by atoms with Crippen molar-refractivity contribution in [2.24, 2.45) is 0 Å². The number of rotatable bonds is 10. The van der Waals surface area contributed by atoms with E-state index < -0.39 is 0 Å². The van der Waals surface area contributed by atoms with Crippen molar-refractivity contribution in [3.8, 4) is 0 Å². The molecule has 0 saturated heterocycles. The van der Waals surface area contributed by atoms with Crippen molar-refractivity contribution in [2.75, 3.05) is 22.1 Å². The maximum atomic E-state index is 13.0. The molecule has 0 fully saturated rings. The topological polar surface area (TPSA) is 144 Å². The van der Waals surface area contributed by atoms with Crippen LogP contribution in [0, 0.1) is 0 Å². The quantitative estimate of drug-likeness (QED) is 0.114. The third-order valence-corrected chi connectivity index (χ3v) is 6.95. The Bertz CT molecular complexity index is 1720. The average molecular weight is 583 g/mol. The molecule has 8 heteroatoms. The Kier molecular flexibility index (Phi) is 8.91. The van der Waals surface area contributed by atoms with Crippen LogP contribution in [0.2, 0.25) is 0 Å². The Balaban J connectivity index is 1.16. The Morgan fingerprint density at radius 3 is 1.20 bits per heavy atom. The summed E-state index contributed by atoms with van der Waals surface area (Å²) in [5, 5.41) is 5.57. The second-order valence-electron chi connectivity index (χ2n) is 10.3. The van der Waals surface area contributed by atoms with E-state index in [2.05, 4.69) is 10.6 Å². The molecule has 0 unspecified atom stereocenters. The zero-order valence-corrected chi connectivity index (χ0v) is 23.7. The molecule has 0 aliphatic rings. The zero-order chi connectivity index (χ0) is 31.1. The van der Waals surface area contributed by atoms with Crippen LogP contribution in [0.25, 0.3) is 0 Å². The number of anilines is 4. The van der Waals surface area contributed by atoms with E-state index in [1.165, 1.54) is 0 Å². The molecule has 6 N–H and O–H groups in total. The van der Waals surface area contributed by atoms with Crippen molar-refractivity contribution in [3.05, 3.63) is 155 Å². The predicted molar refractivity (Wildman–Crippen MR) is 173 cm³/mol. The van der Waals surface area contributed by atoms with Crippen LogP contribution in [-0.2, 0) is 12.8 Å². The summed E-state index contributed by atoms with van der Waals surface area (Å²) < 4.78 is 0. The van der Waals surface area contributed by atoms with Crippen molar-refractivity contribution in [1.29, 1.82) is 0 Å². The Morgan fingerprint density at radius 2 is 0.818 bits per heavy atom. The molecule has 5 aromatic rings. The highest BCUT2D eigenvalue weighted by Gasteiger charge is 2.13. The first-order valence-corrected chi connectivity index (χ1v) is 13.9. The van der Waals surface area contributed by atoms with Crippen LogP contribution in [0.5, 0.6) is 0 Å². The second kappa shape index (κ2) is 13.3. The lowest BCUT2D eigenvalue weighted by Gasteiger charge is -2.08. The van der Waals surface area contributed by atoms with Gasteiger partial charge in [-0.3, -0.25) is 19.2 Å². The number of nitrogens with two attached hydrogens (primary N) is 2. The lowest BCUT2D eigenvalue weighted by molar-refractivity contribution is 0.0986. The van der Waals surface area contributed by atoms with Gasteiger partial charge in [-0.15, -0.1) is 0 Å². The highest BCUT2D eigenvalue weighted by atomic mass is 16.2. The first-order valence-electron chi connectivity index (χ1n) is 13.9. The maximum Gasteiger partial charge on any atom is 0.255 e. The van der Waals surface area contributed by atoms with Crippen molar-refractivity contribution in [1.82, 2.24) is 0 Å². The largest absolute Gasteiger partial charge is 0.399 e. The molecule has 5 rings (SSSR count). The molecule has 0 radical (unpaired) electrons. The fraction of sp³-hybridized carbons (Fsp3) is 0.0556. The van der Waals surface area contributed by atoms with Crippen LogP contribution >= 0.6 is 0 Å². The third-order valence-electron chi connectivity index (χ3n) is 6.95. The zero-order valence-electron chi connectivity index (χ0n) is 23.7. The molecule has 0 aliphatic heterocycles. The van der Waals surface area contributed by atoms with Crippen molar-refractivity contribution < 1.29 is 19.2 Å². The second-order valence-corrected chi connectivity index (χ2v) is 10.3. The van der Waals surface area contributed by atoms with Gasteiger partial charge in [0.25, 0.3) is 11.8 Å². The number of amides is 2. The molecule has 5 aromatic carbocycles. The number of benzene rings is 5. The molecule has 0 aromatic heterocycles. The molecule has 218 valence electrons. The highest BCUT2D eigenvalue weighted by Crippen LogP contribution is 2.17. The summed E-state index contributed by atoms with van der Waals surface area (Å²) in [6.07, 6.45) is 0.293. The van der Waals surface area contributed by atoms with E-state index in [9.17, 15) is 19.2 Å². The minimum absolute atomic E-state index is 0.108. The summed E-state index contributed by atoms with van der Waals surface area (Å²) in [5.41, 5.74) is 17.1. The lowest BCUT2D eigenvalue weighted by Crippen LogP contribution is -2.13. The Hall–Kier alpha value is -6.02. The molecule has 44 heavy (non-hydrogen) atoms. The van der Waals surface area contributed by atoms with Crippen LogP contribution < -0.4 is 22.1 Å². The Morgan fingerprint density at radius 1 is 0.455 bits per heavy atom. The van der Waals surface area contributed by atoms with E-state index in [4.69, 9.17) is 11.5 Å². The number of Topliss-reactive ketones (excluding diaryl/α,β-unsaturated/α-hetero) is 2. The van der Waals surface area contributed by atoms with Crippen molar-refractivity contribution in [2.45, 2.75) is 12.8 Å². The van der Waals surface area contributed by atoms with E-state index in [-0.39, 0.29) is 36.2 Å². The van der Waals surface area contributed by atoms with Crippen LogP contribution in [0.3, 0.4) is 0 Å². The van der Waals surface area contributed by atoms with Gasteiger partial charge in [-0.25, -0.2) is 0 Å². The number of nitrogens with one attached hydrogen (secondary N) is 2. The van der Waals surface area contributed by atoms with E-state index in [1.54, 1.807) is 97.1 Å². The van der Waals surface area contributed by atoms with Gasteiger partial charge in [0.15, 0.2) is 11.6 Å². The summed E-state index contributed by atoms with van der Waals surface area (Å²) in [6.45, 7) is 0. The lowest BCUT2D eigenvalue weighted by atomic mass is 9.97. The van der Waals surface area contributed by atoms with Gasteiger partial charge in [-0.05, 0) is 71.8 Å². The number of hydrogen-bond donors (Lipinski definition) is 4. The number of carbonyl (C=O) groups excluding carboxylic acids is 4. The minimum atomic E-state index is -0.303. The fourth-order valence-electron chi connectivity index (χ4n) is 4.68. The molecule has 0 spiro atoms. The van der Waals surface area contributed by atoms with Crippen LogP contribution in [-0.4, -0.2) is 23.4 Å². The minimum Gasteiger partial charge on any atom is -0.399 e. The standard InChI is InChI=1S/C36H30N4O4/c37-29-6-2-8-31(21-29)39-35(43)27-14-10-25(11-15-27)33(41)19-23-4-1-5-24(18-23)20-34(42)26-12-16-28(17-13-26)36(44)40-32-9-3-7-30(38)22-32/h1-18,21-22H,19-20,37-38H2,(H,39,43)(H,40,44). The van der Waals surface area contributed by atoms with Crippen LogP contribution in [0.4, 0.5) is 22.7 Å². The van der Waals surface area contributed by atoms with Crippen molar-refractivity contribution in [3.63, 3.8) is 0 Å². The number of carbonyl (C=O) groups is 4. The smallest absolute Gasteiger partial charge is 0.255 e. The Labute approximate surface area is 254 Å². The van der Waals surface area contributed by atoms with E-state index in [0.29, 0.717) is 45.0 Å². The van der Waals surface area contributed by atoms with Crippen LogP contribution in [0.1, 0.15) is 52.6 Å². The average Bonchev–Trinajstić information content (AvgIpc) is 3.01. The molecule has 8 nitrogen and oxygen atoms in total. The number of ketones is 2. The fourth-order valence-corrected chi connectivity index (χ4v) is 4.68. The summed E-state index contributed by atoms with van der Waals surface area (Å²) in [5.74, 6) is -0.822.